The fourth-order valence-corrected chi connectivity index (χ4v) is 4.95. The van der Waals surface area contributed by atoms with Crippen LogP contribution in [0.5, 0.6) is 5.75 Å². The van der Waals surface area contributed by atoms with Crippen molar-refractivity contribution in [3.8, 4) is 5.75 Å². The number of amides is 3. The van der Waals surface area contributed by atoms with E-state index in [-0.39, 0.29) is 18.1 Å². The summed E-state index contributed by atoms with van der Waals surface area (Å²) in [5.74, 6) is -1.38. The molecule has 0 bridgehead atoms. The molecule has 0 spiro atoms. The summed E-state index contributed by atoms with van der Waals surface area (Å²) in [6.45, 7) is 3.24. The van der Waals surface area contributed by atoms with Crippen LogP contribution in [0.1, 0.15) is 35.2 Å². The predicted molar refractivity (Wildman–Crippen MR) is 142 cm³/mol. The quantitative estimate of drug-likeness (QED) is 0.393. The van der Waals surface area contributed by atoms with Crippen molar-refractivity contribution >= 4 is 40.7 Å². The summed E-state index contributed by atoms with van der Waals surface area (Å²) in [5.41, 5.74) is 5.23. The van der Waals surface area contributed by atoms with Gasteiger partial charge in [-0.1, -0.05) is 36.2 Å². The summed E-state index contributed by atoms with van der Waals surface area (Å²) < 4.78 is 5.49. The molecule has 1 unspecified atom stereocenters. The van der Waals surface area contributed by atoms with E-state index in [1.807, 2.05) is 0 Å². The number of benzene rings is 2. The molecule has 2 aromatic rings. The molecule has 5 N–H and O–H groups in total. The lowest BCUT2D eigenvalue weighted by molar-refractivity contribution is -0.123. The Morgan fingerprint density at radius 2 is 1.89 bits per heavy atom. The van der Waals surface area contributed by atoms with Gasteiger partial charge in [0.1, 0.15) is 11.5 Å². The highest BCUT2D eigenvalue weighted by atomic mass is 35.5. The third-order valence-corrected chi connectivity index (χ3v) is 7.01. The number of carbonyl (C=O) groups excluding carboxylic acids is 3. The van der Waals surface area contributed by atoms with Crippen molar-refractivity contribution in [2.75, 3.05) is 45.3 Å². The Balaban J connectivity index is 1.54. The number of piperidine rings is 1. The van der Waals surface area contributed by atoms with Crippen molar-refractivity contribution in [3.63, 3.8) is 0 Å². The standard InChI is InChI=1S/C26H31ClN6O4/c1-37-21-15-17(9-10-20(21)32-23(34)18-7-3-4-8-19(18)27)26(25(28)36)22(30-16-31-26)24(35)29-11-14-33-12-5-2-6-13-33/h3-4,7-10,15,31H,2,5-6,11-14,16H2,1H3,(H2,28,36)(H,29,35)(H,32,34). The minimum Gasteiger partial charge on any atom is -0.495 e. The average molecular weight is 527 g/mol. The molecular weight excluding hydrogens is 496 g/mol. The molecule has 37 heavy (non-hydrogen) atoms. The number of methoxy groups -OCH3 is 1. The summed E-state index contributed by atoms with van der Waals surface area (Å²) in [6, 6.07) is 11.4. The molecule has 196 valence electrons. The number of rotatable bonds is 9. The number of hydrogen-bond acceptors (Lipinski definition) is 7. The van der Waals surface area contributed by atoms with Gasteiger partial charge in [-0.15, -0.1) is 0 Å². The molecule has 1 fully saturated rings. The van der Waals surface area contributed by atoms with Crippen molar-refractivity contribution in [3.05, 3.63) is 58.6 Å². The normalized spacial score (nSPS) is 19.7. The first-order chi connectivity index (χ1) is 17.9. The number of nitrogens with one attached hydrogen (secondary N) is 3. The fourth-order valence-electron chi connectivity index (χ4n) is 4.72. The van der Waals surface area contributed by atoms with Crippen LogP contribution >= 0.6 is 11.6 Å². The summed E-state index contributed by atoms with van der Waals surface area (Å²) in [6.07, 6.45) is 3.55. The molecule has 1 atom stereocenters. The highest BCUT2D eigenvalue weighted by molar-refractivity contribution is 6.47. The summed E-state index contributed by atoms with van der Waals surface area (Å²) in [5, 5.41) is 8.96. The number of ether oxygens (including phenoxy) is 1. The number of likely N-dealkylation sites (tertiary alicyclic amines) is 1. The van der Waals surface area contributed by atoms with Crippen LogP contribution in [-0.2, 0) is 15.1 Å². The zero-order chi connectivity index (χ0) is 26.4. The van der Waals surface area contributed by atoms with E-state index in [9.17, 15) is 14.4 Å². The topological polar surface area (TPSA) is 138 Å². The van der Waals surface area contributed by atoms with Gasteiger partial charge in [-0.3, -0.25) is 24.7 Å². The van der Waals surface area contributed by atoms with E-state index >= 15 is 0 Å². The largest absolute Gasteiger partial charge is 0.495 e. The number of primary amides is 1. The van der Waals surface area contributed by atoms with E-state index in [2.05, 4.69) is 25.8 Å². The number of nitrogens with zero attached hydrogens (tertiary/aromatic N) is 2. The third kappa shape index (κ3) is 5.61. The van der Waals surface area contributed by atoms with Gasteiger partial charge < -0.3 is 26.0 Å². The second-order valence-corrected chi connectivity index (χ2v) is 9.37. The number of nitrogens with two attached hydrogens (primary N) is 1. The molecule has 1 saturated heterocycles. The smallest absolute Gasteiger partial charge is 0.268 e. The Morgan fingerprint density at radius 3 is 2.59 bits per heavy atom. The van der Waals surface area contributed by atoms with Crippen LogP contribution in [0.3, 0.4) is 0 Å². The van der Waals surface area contributed by atoms with Gasteiger partial charge in [0.15, 0.2) is 5.54 Å². The number of hydrogen-bond donors (Lipinski definition) is 4. The van der Waals surface area contributed by atoms with E-state index in [1.54, 1.807) is 42.5 Å². The molecule has 2 heterocycles. The Bertz CT molecular complexity index is 1210. The monoisotopic (exact) mass is 526 g/mol. The molecule has 0 radical (unpaired) electrons. The van der Waals surface area contributed by atoms with Crippen LogP contribution in [0.15, 0.2) is 47.5 Å². The summed E-state index contributed by atoms with van der Waals surface area (Å²) >= 11 is 6.14. The third-order valence-electron chi connectivity index (χ3n) is 6.68. The second kappa shape index (κ2) is 11.7. The first-order valence-electron chi connectivity index (χ1n) is 12.2. The van der Waals surface area contributed by atoms with Crippen LogP contribution in [0, 0.1) is 0 Å². The SMILES string of the molecule is COc1cc(C2(C(N)=O)NCN=C2C(=O)NCCN2CCCCC2)ccc1NC(=O)c1ccccc1Cl. The number of carbonyl (C=O) groups is 3. The van der Waals surface area contributed by atoms with Crippen molar-refractivity contribution in [1.82, 2.24) is 15.5 Å². The molecule has 2 aliphatic rings. The summed E-state index contributed by atoms with van der Waals surface area (Å²) in [7, 11) is 1.44. The molecule has 2 aliphatic heterocycles. The van der Waals surface area contributed by atoms with Crippen LogP contribution in [0.4, 0.5) is 5.69 Å². The Morgan fingerprint density at radius 1 is 1.14 bits per heavy atom. The van der Waals surface area contributed by atoms with E-state index in [1.165, 1.54) is 13.5 Å². The minimum absolute atomic E-state index is 0.00597. The van der Waals surface area contributed by atoms with Crippen LogP contribution < -0.4 is 26.4 Å². The molecule has 11 heteroatoms. The van der Waals surface area contributed by atoms with E-state index in [4.69, 9.17) is 22.1 Å². The van der Waals surface area contributed by atoms with Gasteiger partial charge >= 0.3 is 0 Å². The number of halogens is 1. The molecule has 2 aromatic carbocycles. The highest BCUT2D eigenvalue weighted by Crippen LogP contribution is 2.34. The first-order valence-corrected chi connectivity index (χ1v) is 12.6. The fraction of sp³-hybridized carbons (Fsp3) is 0.385. The maximum atomic E-state index is 13.1. The van der Waals surface area contributed by atoms with Gasteiger partial charge in [-0.2, -0.15) is 0 Å². The van der Waals surface area contributed by atoms with Crippen LogP contribution in [0.25, 0.3) is 0 Å². The molecule has 0 aliphatic carbocycles. The zero-order valence-corrected chi connectivity index (χ0v) is 21.4. The van der Waals surface area contributed by atoms with E-state index in [0.717, 1.165) is 32.5 Å². The van der Waals surface area contributed by atoms with Gasteiger partial charge in [0.2, 0.25) is 5.91 Å². The Hall–Kier alpha value is -3.47. The van der Waals surface area contributed by atoms with E-state index in [0.29, 0.717) is 28.4 Å². The average Bonchev–Trinajstić information content (AvgIpc) is 3.36. The van der Waals surface area contributed by atoms with Crippen LogP contribution in [-0.4, -0.2) is 68.3 Å². The molecule has 0 aromatic heterocycles. The van der Waals surface area contributed by atoms with Gasteiger partial charge in [-0.25, -0.2) is 0 Å². The van der Waals surface area contributed by atoms with Gasteiger partial charge in [-0.05, 0) is 55.8 Å². The van der Waals surface area contributed by atoms with Gasteiger partial charge in [0, 0.05) is 13.1 Å². The van der Waals surface area contributed by atoms with Gasteiger partial charge in [0.05, 0.1) is 30.1 Å². The van der Waals surface area contributed by atoms with Gasteiger partial charge in [0.25, 0.3) is 11.8 Å². The van der Waals surface area contributed by atoms with Crippen molar-refractivity contribution < 1.29 is 19.1 Å². The lowest BCUT2D eigenvalue weighted by atomic mass is 9.84. The molecule has 3 amide bonds. The lowest BCUT2D eigenvalue weighted by Gasteiger charge is -2.29. The maximum Gasteiger partial charge on any atom is 0.268 e. The Labute approximate surface area is 220 Å². The maximum absolute atomic E-state index is 13.1. The summed E-state index contributed by atoms with van der Waals surface area (Å²) in [4.78, 5) is 45.3. The van der Waals surface area contributed by atoms with Crippen molar-refractivity contribution in [2.45, 2.75) is 24.8 Å². The van der Waals surface area contributed by atoms with Crippen LogP contribution in [0.2, 0.25) is 5.02 Å². The van der Waals surface area contributed by atoms with Crippen molar-refractivity contribution in [2.24, 2.45) is 10.7 Å². The lowest BCUT2D eigenvalue weighted by Crippen LogP contribution is -2.58. The molecule has 10 nitrogen and oxygen atoms in total. The predicted octanol–water partition coefficient (Wildman–Crippen LogP) is 1.89. The second-order valence-electron chi connectivity index (χ2n) is 8.96. The molecule has 0 saturated carbocycles. The molecule has 4 rings (SSSR count). The molecular formula is C26H31ClN6O4. The minimum atomic E-state index is -1.65. The van der Waals surface area contributed by atoms with E-state index < -0.39 is 23.3 Å². The number of aliphatic imine (C=N–C) groups is 1. The van der Waals surface area contributed by atoms with Crippen molar-refractivity contribution in [1.29, 1.82) is 0 Å². The Kier molecular flexibility index (Phi) is 8.42. The zero-order valence-electron chi connectivity index (χ0n) is 20.7. The highest BCUT2D eigenvalue weighted by Gasteiger charge is 2.49. The first kappa shape index (κ1) is 26.6. The number of anilines is 1.